The van der Waals surface area contributed by atoms with Gasteiger partial charge in [0.2, 0.25) is 0 Å². The molecule has 0 amide bonds. The third-order valence-corrected chi connectivity index (χ3v) is 2.94. The molecule has 1 heterocycles. The van der Waals surface area contributed by atoms with E-state index in [0.717, 1.165) is 0 Å². The van der Waals surface area contributed by atoms with Gasteiger partial charge in [0, 0.05) is 17.2 Å². The van der Waals surface area contributed by atoms with Crippen LogP contribution in [0.3, 0.4) is 0 Å². The van der Waals surface area contributed by atoms with Crippen molar-refractivity contribution < 1.29 is 14.6 Å². The largest absolute Gasteiger partial charge is 0.465 e. The van der Waals surface area contributed by atoms with Crippen LogP contribution >= 0.6 is 15.9 Å². The number of carbonyl (C=O) groups is 1. The normalized spacial score (nSPS) is 12.3. The molecule has 0 aliphatic heterocycles. The van der Waals surface area contributed by atoms with E-state index in [1.165, 1.54) is 7.11 Å². The molecule has 0 aromatic carbocycles. The fourth-order valence-corrected chi connectivity index (χ4v) is 1.61. The lowest BCUT2D eigenvalue weighted by molar-refractivity contribution is 0.0601. The van der Waals surface area contributed by atoms with Gasteiger partial charge in [-0.1, -0.05) is 13.8 Å². The molecule has 5 nitrogen and oxygen atoms in total. The average molecular weight is 317 g/mol. The number of ether oxygens (including phenoxy) is 1. The van der Waals surface area contributed by atoms with Crippen LogP contribution in [0.5, 0.6) is 0 Å². The van der Waals surface area contributed by atoms with Crippen molar-refractivity contribution in [3.63, 3.8) is 0 Å². The number of aliphatic hydroxyl groups is 1. The van der Waals surface area contributed by atoms with Gasteiger partial charge in [-0.15, -0.1) is 0 Å². The molecule has 6 heteroatoms. The molecule has 1 atom stereocenters. The summed E-state index contributed by atoms with van der Waals surface area (Å²) in [5.41, 5.74) is 0.336. The molecule has 1 aromatic heterocycles. The number of aromatic nitrogens is 1. The van der Waals surface area contributed by atoms with Crippen molar-refractivity contribution in [2.24, 2.45) is 5.92 Å². The lowest BCUT2D eigenvalue weighted by atomic mass is 10.1. The molecule has 0 aliphatic carbocycles. The number of nitrogens with zero attached hydrogens (tertiary/aromatic N) is 1. The van der Waals surface area contributed by atoms with Crippen LogP contribution in [-0.2, 0) is 4.74 Å². The Morgan fingerprint density at radius 1 is 1.61 bits per heavy atom. The van der Waals surface area contributed by atoms with Gasteiger partial charge < -0.3 is 15.2 Å². The Balaban J connectivity index is 2.85. The molecule has 18 heavy (non-hydrogen) atoms. The molecular weight excluding hydrogens is 300 g/mol. The molecule has 0 saturated carbocycles. The lowest BCUT2D eigenvalue weighted by Gasteiger charge is -2.16. The second kappa shape index (κ2) is 6.70. The zero-order valence-corrected chi connectivity index (χ0v) is 12.2. The predicted molar refractivity (Wildman–Crippen MR) is 72.6 cm³/mol. The maximum absolute atomic E-state index is 11.6. The molecule has 0 bridgehead atoms. The van der Waals surface area contributed by atoms with E-state index in [9.17, 15) is 9.90 Å². The number of rotatable bonds is 5. The molecule has 1 aromatic rings. The van der Waals surface area contributed by atoms with E-state index in [0.29, 0.717) is 22.4 Å². The number of pyridine rings is 1. The summed E-state index contributed by atoms with van der Waals surface area (Å²) in [6, 6.07) is 1.63. The number of anilines is 1. The molecule has 0 radical (unpaired) electrons. The SMILES string of the molecule is COC(=O)c1cc(Br)cnc1NCC(O)C(C)C. The number of esters is 1. The van der Waals surface area contributed by atoms with Crippen LogP contribution in [0.25, 0.3) is 0 Å². The molecular formula is C12H17BrN2O3. The van der Waals surface area contributed by atoms with Crippen molar-refractivity contribution in [1.29, 1.82) is 0 Å². The topological polar surface area (TPSA) is 71.5 Å². The van der Waals surface area contributed by atoms with Crippen molar-refractivity contribution in [3.8, 4) is 0 Å². The molecule has 1 rings (SSSR count). The number of hydrogen-bond acceptors (Lipinski definition) is 5. The number of carbonyl (C=O) groups excluding carboxylic acids is 1. The zero-order chi connectivity index (χ0) is 13.7. The molecule has 0 saturated heterocycles. The van der Waals surface area contributed by atoms with Gasteiger partial charge in [0.25, 0.3) is 0 Å². The Labute approximate surface area is 115 Å². The summed E-state index contributed by atoms with van der Waals surface area (Å²) in [6.45, 7) is 4.17. The first-order valence-corrected chi connectivity index (χ1v) is 6.40. The van der Waals surface area contributed by atoms with Crippen molar-refractivity contribution in [1.82, 2.24) is 4.98 Å². The Hall–Kier alpha value is -1.14. The van der Waals surface area contributed by atoms with E-state index < -0.39 is 12.1 Å². The van der Waals surface area contributed by atoms with Crippen LogP contribution in [0.2, 0.25) is 0 Å². The predicted octanol–water partition coefficient (Wildman–Crippen LogP) is 2.06. The molecule has 100 valence electrons. The van der Waals surface area contributed by atoms with Crippen molar-refractivity contribution >= 4 is 27.7 Å². The summed E-state index contributed by atoms with van der Waals surface area (Å²) in [5.74, 6) is 0.0737. The van der Waals surface area contributed by atoms with Crippen LogP contribution in [0.4, 0.5) is 5.82 Å². The van der Waals surface area contributed by atoms with Gasteiger partial charge >= 0.3 is 5.97 Å². The smallest absolute Gasteiger partial charge is 0.341 e. The number of nitrogens with one attached hydrogen (secondary N) is 1. The van der Waals surface area contributed by atoms with Crippen LogP contribution in [0, 0.1) is 5.92 Å². The van der Waals surface area contributed by atoms with Gasteiger partial charge in [-0.3, -0.25) is 0 Å². The van der Waals surface area contributed by atoms with Crippen LogP contribution in [0.15, 0.2) is 16.7 Å². The fourth-order valence-electron chi connectivity index (χ4n) is 1.28. The highest BCUT2D eigenvalue weighted by Crippen LogP contribution is 2.19. The number of halogens is 1. The molecule has 0 aliphatic rings. The van der Waals surface area contributed by atoms with Gasteiger partial charge in [0.05, 0.1) is 13.2 Å². The summed E-state index contributed by atoms with van der Waals surface area (Å²) < 4.78 is 5.38. The Kier molecular flexibility index (Phi) is 5.55. The van der Waals surface area contributed by atoms with E-state index in [1.807, 2.05) is 13.8 Å². The van der Waals surface area contributed by atoms with Crippen LogP contribution in [0.1, 0.15) is 24.2 Å². The Morgan fingerprint density at radius 3 is 2.83 bits per heavy atom. The minimum Gasteiger partial charge on any atom is -0.465 e. The molecule has 0 spiro atoms. The minimum absolute atomic E-state index is 0.134. The van der Waals surface area contributed by atoms with E-state index in [2.05, 4.69) is 31.0 Å². The Morgan fingerprint density at radius 2 is 2.28 bits per heavy atom. The number of aliphatic hydroxyl groups excluding tert-OH is 1. The Bertz CT molecular complexity index is 424. The first kappa shape index (κ1) is 14.9. The van der Waals surface area contributed by atoms with E-state index in [4.69, 9.17) is 0 Å². The highest BCUT2D eigenvalue weighted by atomic mass is 79.9. The van der Waals surface area contributed by atoms with E-state index in [-0.39, 0.29) is 5.92 Å². The summed E-state index contributed by atoms with van der Waals surface area (Å²) in [6.07, 6.45) is 1.08. The van der Waals surface area contributed by atoms with Gasteiger partial charge in [0.15, 0.2) is 0 Å². The van der Waals surface area contributed by atoms with Crippen LogP contribution in [-0.4, -0.2) is 35.8 Å². The quantitative estimate of drug-likeness (QED) is 0.814. The third-order valence-electron chi connectivity index (χ3n) is 2.51. The monoisotopic (exact) mass is 316 g/mol. The highest BCUT2D eigenvalue weighted by molar-refractivity contribution is 9.10. The minimum atomic E-state index is -0.499. The zero-order valence-electron chi connectivity index (χ0n) is 10.6. The standard InChI is InChI=1S/C12H17BrN2O3/c1-7(2)10(16)6-15-11-9(12(17)18-3)4-8(13)5-14-11/h4-5,7,10,16H,6H2,1-3H3,(H,14,15). The second-order valence-corrected chi connectivity index (χ2v) is 5.15. The van der Waals surface area contributed by atoms with E-state index in [1.54, 1.807) is 12.3 Å². The maximum atomic E-state index is 11.6. The van der Waals surface area contributed by atoms with E-state index >= 15 is 0 Å². The van der Waals surface area contributed by atoms with Crippen molar-refractivity contribution in [3.05, 3.63) is 22.3 Å². The van der Waals surface area contributed by atoms with Crippen LogP contribution < -0.4 is 5.32 Å². The summed E-state index contributed by atoms with van der Waals surface area (Å²) in [5, 5.41) is 12.7. The first-order chi connectivity index (χ1) is 8.45. The lowest BCUT2D eigenvalue weighted by Crippen LogP contribution is -2.26. The van der Waals surface area contributed by atoms with Crippen molar-refractivity contribution in [2.45, 2.75) is 20.0 Å². The summed E-state index contributed by atoms with van der Waals surface area (Å²) in [7, 11) is 1.32. The van der Waals surface area contributed by atoms with Crippen molar-refractivity contribution in [2.75, 3.05) is 19.0 Å². The summed E-state index contributed by atoms with van der Waals surface area (Å²) in [4.78, 5) is 15.7. The average Bonchev–Trinajstić information content (AvgIpc) is 2.35. The van der Waals surface area contributed by atoms with Gasteiger partial charge in [-0.05, 0) is 27.9 Å². The fraction of sp³-hybridized carbons (Fsp3) is 0.500. The van der Waals surface area contributed by atoms with Gasteiger partial charge in [0.1, 0.15) is 11.4 Å². The number of hydrogen-bond donors (Lipinski definition) is 2. The third kappa shape index (κ3) is 3.96. The highest BCUT2D eigenvalue weighted by Gasteiger charge is 2.15. The maximum Gasteiger partial charge on any atom is 0.341 e. The van der Waals surface area contributed by atoms with Gasteiger partial charge in [-0.25, -0.2) is 9.78 Å². The molecule has 1 unspecified atom stereocenters. The van der Waals surface area contributed by atoms with Gasteiger partial charge in [-0.2, -0.15) is 0 Å². The molecule has 0 fully saturated rings. The summed E-state index contributed by atoms with van der Waals surface area (Å²) >= 11 is 3.25. The number of methoxy groups -OCH3 is 1. The molecule has 2 N–H and O–H groups in total. The first-order valence-electron chi connectivity index (χ1n) is 5.61. The second-order valence-electron chi connectivity index (χ2n) is 4.23.